The Morgan fingerprint density at radius 1 is 1.07 bits per heavy atom. The second-order valence-corrected chi connectivity index (χ2v) is 9.59. The van der Waals surface area contributed by atoms with E-state index in [9.17, 15) is 4.79 Å². The fourth-order valence-corrected chi connectivity index (χ4v) is 5.88. The van der Waals surface area contributed by atoms with Gasteiger partial charge >= 0.3 is 0 Å². The molecule has 0 bridgehead atoms. The highest BCUT2D eigenvalue weighted by Crippen LogP contribution is 2.33. The first-order chi connectivity index (χ1) is 14.6. The highest BCUT2D eigenvalue weighted by molar-refractivity contribution is 7.17. The molecule has 0 radical (unpaired) electrons. The van der Waals surface area contributed by atoms with Gasteiger partial charge in [0, 0.05) is 24.7 Å². The van der Waals surface area contributed by atoms with Crippen LogP contribution < -0.4 is 4.74 Å². The van der Waals surface area contributed by atoms with Gasteiger partial charge in [0.1, 0.15) is 15.6 Å². The maximum absolute atomic E-state index is 13.3. The molecule has 0 saturated carbocycles. The quantitative estimate of drug-likeness (QED) is 0.695. The fourth-order valence-electron chi connectivity index (χ4n) is 4.75. The number of rotatable bonds is 4. The summed E-state index contributed by atoms with van der Waals surface area (Å²) < 4.78 is 5.31. The standard InChI is InChI=1S/C24H33N3O2S/c1-17-16-20(29-3)8-9-21(17)23-25-18(2)22(30-23)24(28)27-14-10-19(11-15-27)26-12-6-4-5-7-13-26/h8-9,16,19H,4-7,10-15H2,1-3H3. The zero-order chi connectivity index (χ0) is 21.1. The first-order valence-electron chi connectivity index (χ1n) is 11.2. The summed E-state index contributed by atoms with van der Waals surface area (Å²) in [5.74, 6) is 0.991. The number of aromatic nitrogens is 1. The molecule has 0 spiro atoms. The van der Waals surface area contributed by atoms with Crippen LogP contribution in [0.5, 0.6) is 5.75 Å². The number of ether oxygens (including phenoxy) is 1. The number of piperidine rings is 1. The lowest BCUT2D eigenvalue weighted by molar-refractivity contribution is 0.0626. The molecule has 0 atom stereocenters. The molecular formula is C24H33N3O2S. The predicted molar refractivity (Wildman–Crippen MR) is 123 cm³/mol. The number of benzene rings is 1. The highest BCUT2D eigenvalue weighted by Gasteiger charge is 2.29. The molecule has 3 heterocycles. The summed E-state index contributed by atoms with van der Waals surface area (Å²) in [6.07, 6.45) is 7.57. The number of hydrogen-bond donors (Lipinski definition) is 0. The Hall–Kier alpha value is -1.92. The normalized spacial score (nSPS) is 19.0. The summed E-state index contributed by atoms with van der Waals surface area (Å²) in [5.41, 5.74) is 3.02. The van der Waals surface area contributed by atoms with Gasteiger partial charge in [-0.1, -0.05) is 12.8 Å². The van der Waals surface area contributed by atoms with E-state index in [4.69, 9.17) is 9.72 Å². The van der Waals surface area contributed by atoms with E-state index in [0.29, 0.717) is 6.04 Å². The molecule has 162 valence electrons. The SMILES string of the molecule is COc1ccc(-c2nc(C)c(C(=O)N3CCC(N4CCCCCC4)CC3)s2)c(C)c1. The van der Waals surface area contributed by atoms with Gasteiger partial charge in [-0.05, 0) is 76.4 Å². The van der Waals surface area contributed by atoms with Crippen molar-refractivity contribution in [3.05, 3.63) is 34.3 Å². The smallest absolute Gasteiger partial charge is 0.265 e. The van der Waals surface area contributed by atoms with Crippen LogP contribution in [0.25, 0.3) is 10.6 Å². The fraction of sp³-hybridized carbons (Fsp3) is 0.583. The van der Waals surface area contributed by atoms with Gasteiger partial charge in [-0.25, -0.2) is 4.98 Å². The lowest BCUT2D eigenvalue weighted by Gasteiger charge is -2.38. The average molecular weight is 428 g/mol. The Kier molecular flexibility index (Phi) is 6.74. The van der Waals surface area contributed by atoms with Gasteiger partial charge in [0.2, 0.25) is 0 Å². The van der Waals surface area contributed by atoms with E-state index in [1.54, 1.807) is 7.11 Å². The zero-order valence-electron chi connectivity index (χ0n) is 18.4. The van der Waals surface area contributed by atoms with Gasteiger partial charge in [-0.2, -0.15) is 0 Å². The van der Waals surface area contributed by atoms with Crippen molar-refractivity contribution in [3.8, 4) is 16.3 Å². The maximum atomic E-state index is 13.3. The molecule has 1 amide bonds. The number of carbonyl (C=O) groups is 1. The maximum Gasteiger partial charge on any atom is 0.265 e. The van der Waals surface area contributed by atoms with Crippen LogP contribution in [0.15, 0.2) is 18.2 Å². The number of nitrogens with zero attached hydrogens (tertiary/aromatic N) is 3. The molecule has 2 fully saturated rings. The van der Waals surface area contributed by atoms with Crippen molar-refractivity contribution in [1.82, 2.24) is 14.8 Å². The number of aryl methyl sites for hydroxylation is 2. The third kappa shape index (κ3) is 4.54. The van der Waals surface area contributed by atoms with Crippen LogP contribution in [0.1, 0.15) is 59.5 Å². The van der Waals surface area contributed by atoms with Gasteiger partial charge in [0.05, 0.1) is 12.8 Å². The van der Waals surface area contributed by atoms with E-state index in [-0.39, 0.29) is 5.91 Å². The molecule has 2 aliphatic rings. The first kappa shape index (κ1) is 21.3. The third-order valence-corrected chi connectivity index (χ3v) is 7.74. The predicted octanol–water partition coefficient (Wildman–Crippen LogP) is 4.92. The van der Waals surface area contributed by atoms with Crippen LogP contribution in [-0.2, 0) is 0 Å². The average Bonchev–Trinajstić information content (AvgIpc) is 2.96. The van der Waals surface area contributed by atoms with E-state index >= 15 is 0 Å². The topological polar surface area (TPSA) is 45.7 Å². The van der Waals surface area contributed by atoms with E-state index in [0.717, 1.165) is 58.4 Å². The van der Waals surface area contributed by atoms with E-state index in [1.807, 2.05) is 30.0 Å². The third-order valence-electron chi connectivity index (χ3n) is 6.56. The summed E-state index contributed by atoms with van der Waals surface area (Å²) in [6.45, 7) is 8.19. The minimum absolute atomic E-state index is 0.150. The number of likely N-dealkylation sites (tertiary alicyclic amines) is 2. The van der Waals surface area contributed by atoms with Gasteiger partial charge < -0.3 is 14.5 Å². The van der Waals surface area contributed by atoms with Crippen molar-refractivity contribution in [2.45, 2.75) is 58.4 Å². The van der Waals surface area contributed by atoms with Crippen LogP contribution in [0, 0.1) is 13.8 Å². The largest absolute Gasteiger partial charge is 0.497 e. The molecule has 2 aromatic rings. The highest BCUT2D eigenvalue weighted by atomic mass is 32.1. The Bertz CT molecular complexity index is 879. The molecular weight excluding hydrogens is 394 g/mol. The first-order valence-corrected chi connectivity index (χ1v) is 12.0. The molecule has 2 aliphatic heterocycles. The lowest BCUT2D eigenvalue weighted by Crippen LogP contribution is -2.47. The van der Waals surface area contributed by atoms with Crippen LogP contribution >= 0.6 is 11.3 Å². The number of hydrogen-bond acceptors (Lipinski definition) is 5. The van der Waals surface area contributed by atoms with Crippen molar-refractivity contribution in [1.29, 1.82) is 0 Å². The van der Waals surface area contributed by atoms with Gasteiger partial charge in [0.15, 0.2) is 0 Å². The van der Waals surface area contributed by atoms with E-state index in [2.05, 4.69) is 11.8 Å². The molecule has 4 rings (SSSR count). The minimum Gasteiger partial charge on any atom is -0.497 e. The second kappa shape index (κ2) is 9.48. The Morgan fingerprint density at radius 3 is 2.40 bits per heavy atom. The zero-order valence-corrected chi connectivity index (χ0v) is 19.3. The number of amides is 1. The Labute approximate surface area is 184 Å². The molecule has 1 aromatic heterocycles. The number of carbonyl (C=O) groups excluding carboxylic acids is 1. The minimum atomic E-state index is 0.150. The van der Waals surface area contributed by atoms with Crippen molar-refractivity contribution >= 4 is 17.2 Å². The van der Waals surface area contributed by atoms with Crippen LogP contribution in [0.4, 0.5) is 0 Å². The van der Waals surface area contributed by atoms with Crippen molar-refractivity contribution < 1.29 is 9.53 Å². The summed E-state index contributed by atoms with van der Waals surface area (Å²) in [4.78, 5) is 23.5. The molecule has 0 unspecified atom stereocenters. The Balaban J connectivity index is 1.43. The van der Waals surface area contributed by atoms with Gasteiger partial charge in [0.25, 0.3) is 5.91 Å². The summed E-state index contributed by atoms with van der Waals surface area (Å²) in [6, 6.07) is 6.65. The molecule has 2 saturated heterocycles. The van der Waals surface area contributed by atoms with Gasteiger partial charge in [-0.15, -0.1) is 11.3 Å². The van der Waals surface area contributed by atoms with E-state index < -0.39 is 0 Å². The van der Waals surface area contributed by atoms with Crippen LogP contribution in [-0.4, -0.2) is 60.0 Å². The molecule has 0 N–H and O–H groups in total. The van der Waals surface area contributed by atoms with Crippen LogP contribution in [0.3, 0.4) is 0 Å². The lowest BCUT2D eigenvalue weighted by atomic mass is 10.0. The van der Waals surface area contributed by atoms with E-state index in [1.165, 1.54) is 50.1 Å². The molecule has 5 nitrogen and oxygen atoms in total. The monoisotopic (exact) mass is 427 g/mol. The number of methoxy groups -OCH3 is 1. The molecule has 30 heavy (non-hydrogen) atoms. The molecule has 1 aromatic carbocycles. The van der Waals surface area contributed by atoms with Crippen molar-refractivity contribution in [3.63, 3.8) is 0 Å². The summed E-state index contributed by atoms with van der Waals surface area (Å²) in [5, 5.41) is 0.912. The van der Waals surface area contributed by atoms with Gasteiger partial charge in [-0.3, -0.25) is 4.79 Å². The molecule has 0 aliphatic carbocycles. The summed E-state index contributed by atoms with van der Waals surface area (Å²) in [7, 11) is 1.68. The van der Waals surface area contributed by atoms with Crippen molar-refractivity contribution in [2.24, 2.45) is 0 Å². The second-order valence-electron chi connectivity index (χ2n) is 8.59. The van der Waals surface area contributed by atoms with Crippen molar-refractivity contribution in [2.75, 3.05) is 33.3 Å². The summed E-state index contributed by atoms with van der Waals surface area (Å²) >= 11 is 1.52. The Morgan fingerprint density at radius 2 is 1.77 bits per heavy atom. The number of thiazole rings is 1. The molecule has 6 heteroatoms. The van der Waals surface area contributed by atoms with Crippen LogP contribution in [0.2, 0.25) is 0 Å².